The third kappa shape index (κ3) is 11.5. The Morgan fingerprint density at radius 1 is 0.962 bits per heavy atom. The lowest BCUT2D eigenvalue weighted by Crippen LogP contribution is -2.60. The SMILES string of the molecule is CCCC(NC(=O)[C@@H]1[C@H]2CC(C)(C)C[C@H]2CN1C(=O)[C@@H](NC(=O)OCC(C)C)C(C)(C)C)C(=O)C(=O)NCC(=O)N[C@H](C(=O)N(C)C)c1ccccc1. The summed E-state index contributed by atoms with van der Waals surface area (Å²) in [7, 11) is 3.12. The van der Waals surface area contributed by atoms with Crippen molar-refractivity contribution in [1.82, 2.24) is 31.1 Å². The Balaban J connectivity index is 1.77. The number of carbonyl (C=O) groups is 7. The monoisotopic (exact) mass is 740 g/mol. The molecule has 1 saturated heterocycles. The number of amides is 6. The summed E-state index contributed by atoms with van der Waals surface area (Å²) in [5.74, 6) is -4.10. The van der Waals surface area contributed by atoms with Gasteiger partial charge in [0.05, 0.1) is 19.2 Å². The average Bonchev–Trinajstić information content (AvgIpc) is 3.57. The third-order valence-electron chi connectivity index (χ3n) is 9.83. The fourth-order valence-electron chi connectivity index (χ4n) is 7.32. The molecular weight excluding hydrogens is 680 g/mol. The van der Waals surface area contributed by atoms with Gasteiger partial charge >= 0.3 is 6.09 Å². The second-order valence-electron chi connectivity index (χ2n) is 16.9. The van der Waals surface area contributed by atoms with Crippen molar-refractivity contribution in [3.8, 4) is 0 Å². The van der Waals surface area contributed by atoms with Crippen LogP contribution in [0.2, 0.25) is 0 Å². The molecule has 294 valence electrons. The maximum absolute atomic E-state index is 14.3. The van der Waals surface area contributed by atoms with Crippen LogP contribution >= 0.6 is 0 Å². The minimum absolute atomic E-state index is 0.0273. The zero-order chi connectivity index (χ0) is 39.8. The average molecular weight is 741 g/mol. The Hall–Kier alpha value is -4.49. The normalized spacial score (nSPS) is 20.7. The Labute approximate surface area is 313 Å². The van der Waals surface area contributed by atoms with Gasteiger partial charge in [-0.05, 0) is 53.4 Å². The summed E-state index contributed by atoms with van der Waals surface area (Å²) in [6, 6.07) is 4.50. The van der Waals surface area contributed by atoms with Crippen LogP contribution in [0.15, 0.2) is 30.3 Å². The van der Waals surface area contributed by atoms with Crippen molar-refractivity contribution in [2.24, 2.45) is 28.6 Å². The van der Waals surface area contributed by atoms with Crippen molar-refractivity contribution in [3.63, 3.8) is 0 Å². The molecule has 2 fully saturated rings. The van der Waals surface area contributed by atoms with Gasteiger partial charge in [0.1, 0.15) is 18.1 Å². The highest BCUT2D eigenvalue weighted by molar-refractivity contribution is 6.38. The van der Waals surface area contributed by atoms with Gasteiger partial charge in [-0.2, -0.15) is 0 Å². The Morgan fingerprint density at radius 3 is 2.17 bits per heavy atom. The molecule has 3 rings (SSSR count). The van der Waals surface area contributed by atoms with Crippen LogP contribution < -0.4 is 21.3 Å². The topological polar surface area (TPSA) is 183 Å². The summed E-state index contributed by atoms with van der Waals surface area (Å²) < 4.78 is 5.32. The number of benzene rings is 1. The summed E-state index contributed by atoms with van der Waals surface area (Å²) in [5, 5.41) is 10.5. The number of fused-ring (bicyclic) bond motifs is 1. The van der Waals surface area contributed by atoms with Crippen molar-refractivity contribution < 1.29 is 38.3 Å². The van der Waals surface area contributed by atoms with Crippen molar-refractivity contribution in [1.29, 1.82) is 0 Å². The Kier molecular flexibility index (Phi) is 14.6. The van der Waals surface area contributed by atoms with Crippen LogP contribution in [0, 0.1) is 28.6 Å². The summed E-state index contributed by atoms with van der Waals surface area (Å²) in [6.45, 7) is 15.2. The number of likely N-dealkylation sites (tertiary alicyclic amines) is 1. The van der Waals surface area contributed by atoms with E-state index < -0.39 is 71.6 Å². The highest BCUT2D eigenvalue weighted by Crippen LogP contribution is 2.51. The van der Waals surface area contributed by atoms with Crippen LogP contribution in [0.1, 0.15) is 92.7 Å². The van der Waals surface area contributed by atoms with Gasteiger partial charge in [-0.1, -0.05) is 92.1 Å². The van der Waals surface area contributed by atoms with E-state index in [1.165, 1.54) is 9.80 Å². The van der Waals surface area contributed by atoms with Crippen LogP contribution in [0.25, 0.3) is 0 Å². The van der Waals surface area contributed by atoms with E-state index in [9.17, 15) is 33.6 Å². The number of ketones is 1. The number of likely N-dealkylation sites (N-methyl/N-ethyl adjacent to an activating group) is 1. The molecule has 2 aliphatic rings. The molecule has 1 aromatic rings. The number of rotatable bonds is 15. The molecule has 4 N–H and O–H groups in total. The lowest BCUT2D eigenvalue weighted by atomic mass is 9.84. The van der Waals surface area contributed by atoms with E-state index in [2.05, 4.69) is 35.1 Å². The van der Waals surface area contributed by atoms with Gasteiger partial charge in [0.15, 0.2) is 0 Å². The predicted molar refractivity (Wildman–Crippen MR) is 199 cm³/mol. The molecule has 1 saturated carbocycles. The molecule has 0 radical (unpaired) electrons. The van der Waals surface area contributed by atoms with E-state index in [0.717, 1.165) is 6.42 Å². The van der Waals surface area contributed by atoms with Crippen LogP contribution in [-0.2, 0) is 33.5 Å². The molecule has 1 aliphatic heterocycles. The van der Waals surface area contributed by atoms with Crippen molar-refractivity contribution >= 4 is 41.4 Å². The van der Waals surface area contributed by atoms with Crippen LogP contribution in [0.4, 0.5) is 4.79 Å². The highest BCUT2D eigenvalue weighted by Gasteiger charge is 2.55. The zero-order valence-electron chi connectivity index (χ0n) is 33.0. The number of nitrogens with zero attached hydrogens (tertiary/aromatic N) is 2. The first-order valence-electron chi connectivity index (χ1n) is 18.6. The number of hydrogen-bond acceptors (Lipinski definition) is 8. The van der Waals surface area contributed by atoms with Gasteiger partial charge < -0.3 is 35.8 Å². The number of Topliss-reactive ketones (excluding diaryl/α,β-unsaturated/α-hetero) is 1. The molecule has 0 aromatic heterocycles. The highest BCUT2D eigenvalue weighted by atomic mass is 16.5. The van der Waals surface area contributed by atoms with Gasteiger partial charge in [-0.3, -0.25) is 28.8 Å². The Bertz CT molecular complexity index is 1500. The smallest absolute Gasteiger partial charge is 0.407 e. The second kappa shape index (κ2) is 18.0. The number of hydrogen-bond donors (Lipinski definition) is 4. The lowest BCUT2D eigenvalue weighted by molar-refractivity contribution is -0.145. The number of carbonyl (C=O) groups excluding carboxylic acids is 7. The fraction of sp³-hybridized carbons (Fsp3) is 0.667. The van der Waals surface area contributed by atoms with Gasteiger partial charge in [0.25, 0.3) is 5.91 Å². The zero-order valence-corrected chi connectivity index (χ0v) is 33.0. The van der Waals surface area contributed by atoms with Crippen LogP contribution in [-0.4, -0.2) is 103 Å². The van der Waals surface area contributed by atoms with E-state index in [1.807, 2.05) is 41.5 Å². The van der Waals surface area contributed by atoms with Gasteiger partial charge in [0.2, 0.25) is 29.4 Å². The maximum atomic E-state index is 14.3. The molecule has 0 spiro atoms. The molecule has 53 heavy (non-hydrogen) atoms. The molecular formula is C39H60N6O8. The first-order chi connectivity index (χ1) is 24.7. The lowest BCUT2D eigenvalue weighted by Gasteiger charge is -2.37. The summed E-state index contributed by atoms with van der Waals surface area (Å²) in [6.07, 6.45) is 1.35. The first-order valence-corrected chi connectivity index (χ1v) is 18.6. The largest absolute Gasteiger partial charge is 0.449 e. The maximum Gasteiger partial charge on any atom is 0.407 e. The molecule has 1 heterocycles. The minimum Gasteiger partial charge on any atom is -0.449 e. The van der Waals surface area contributed by atoms with E-state index in [0.29, 0.717) is 24.9 Å². The van der Waals surface area contributed by atoms with Crippen molar-refractivity contribution in [2.75, 3.05) is 33.8 Å². The molecule has 6 atom stereocenters. The van der Waals surface area contributed by atoms with Crippen molar-refractivity contribution in [2.45, 2.75) is 105 Å². The minimum atomic E-state index is -1.21. The molecule has 14 heteroatoms. The van der Waals surface area contributed by atoms with E-state index in [1.54, 1.807) is 44.4 Å². The summed E-state index contributed by atoms with van der Waals surface area (Å²) >= 11 is 0. The van der Waals surface area contributed by atoms with E-state index >= 15 is 0 Å². The molecule has 0 bridgehead atoms. The first kappa shape index (κ1) is 42.9. The standard InChI is InChI=1S/C39H60N6O8/c1-11-15-27(31(47)34(49)40-20-28(46)42-29(35(50)44(9)10)24-16-13-12-14-17-24)41-33(48)30-26-19-39(7,8)18-25(26)21-45(30)36(51)32(38(4,5)6)43-37(52)53-22-23(2)3/h12-14,16-17,23,25-27,29-30,32H,11,15,18-22H2,1-10H3,(H,40,49)(H,41,48)(H,42,46)(H,43,52)/t25-,26-,27?,29-,30-,32+/m0/s1. The second-order valence-corrected chi connectivity index (χ2v) is 16.9. The number of ether oxygens (including phenoxy) is 1. The van der Waals surface area contributed by atoms with Gasteiger partial charge in [-0.15, -0.1) is 0 Å². The third-order valence-corrected chi connectivity index (χ3v) is 9.83. The number of alkyl carbamates (subject to hydrolysis) is 1. The molecule has 1 aromatic carbocycles. The number of nitrogens with one attached hydrogen (secondary N) is 4. The Morgan fingerprint density at radius 2 is 1.60 bits per heavy atom. The predicted octanol–water partition coefficient (Wildman–Crippen LogP) is 2.96. The van der Waals surface area contributed by atoms with E-state index in [-0.39, 0.29) is 42.1 Å². The van der Waals surface area contributed by atoms with Crippen molar-refractivity contribution in [3.05, 3.63) is 35.9 Å². The van der Waals surface area contributed by atoms with Gasteiger partial charge in [0, 0.05) is 20.6 Å². The summed E-state index contributed by atoms with van der Waals surface area (Å²) in [5.41, 5.74) is -0.241. The quantitative estimate of drug-likeness (QED) is 0.198. The van der Waals surface area contributed by atoms with Crippen LogP contribution in [0.3, 0.4) is 0 Å². The molecule has 1 aliphatic carbocycles. The van der Waals surface area contributed by atoms with E-state index in [4.69, 9.17) is 4.74 Å². The van der Waals surface area contributed by atoms with Crippen LogP contribution in [0.5, 0.6) is 0 Å². The molecule has 1 unspecified atom stereocenters. The molecule has 14 nitrogen and oxygen atoms in total. The van der Waals surface area contributed by atoms with Gasteiger partial charge in [-0.25, -0.2) is 4.79 Å². The molecule has 6 amide bonds. The fourth-order valence-corrected chi connectivity index (χ4v) is 7.32. The summed E-state index contributed by atoms with van der Waals surface area (Å²) in [4.78, 5) is 96.5.